The first kappa shape index (κ1) is 36.9. The number of hydrogen-bond acceptors (Lipinski definition) is 8. The van der Waals surface area contributed by atoms with Crippen molar-refractivity contribution < 1.29 is 27.6 Å². The molecular formula is C42H46F3N7O3. The number of amides is 3. The number of imide groups is 1. The summed E-state index contributed by atoms with van der Waals surface area (Å²) in [5.41, 5.74) is 4.50. The van der Waals surface area contributed by atoms with Crippen molar-refractivity contribution in [2.24, 2.45) is 5.92 Å². The highest BCUT2D eigenvalue weighted by atomic mass is 19.4. The van der Waals surface area contributed by atoms with Gasteiger partial charge in [-0.2, -0.15) is 18.4 Å². The van der Waals surface area contributed by atoms with E-state index in [1.54, 1.807) is 17.0 Å². The molecule has 1 unspecified atom stereocenters. The molecule has 13 heteroatoms. The van der Waals surface area contributed by atoms with Crippen LogP contribution in [0.5, 0.6) is 0 Å². The molecule has 4 fully saturated rings. The first-order chi connectivity index (χ1) is 26.5. The summed E-state index contributed by atoms with van der Waals surface area (Å²) in [5.74, 6) is 0.183. The van der Waals surface area contributed by atoms with Crippen LogP contribution in [0.15, 0.2) is 60.7 Å². The molecule has 0 aromatic heterocycles. The number of piperidine rings is 3. The number of piperazine rings is 1. The van der Waals surface area contributed by atoms with Crippen LogP contribution in [0.3, 0.4) is 0 Å². The molecular weight excluding hydrogens is 708 g/mol. The number of nitrogens with zero attached hydrogens (tertiary/aromatic N) is 6. The van der Waals surface area contributed by atoms with E-state index in [0.29, 0.717) is 49.1 Å². The summed E-state index contributed by atoms with van der Waals surface area (Å²) >= 11 is 0. The van der Waals surface area contributed by atoms with Gasteiger partial charge in [0.2, 0.25) is 11.8 Å². The summed E-state index contributed by atoms with van der Waals surface area (Å²) in [5, 5.41) is 11.5. The van der Waals surface area contributed by atoms with Crippen molar-refractivity contribution >= 4 is 34.8 Å². The molecule has 1 atom stereocenters. The standard InChI is InChI=1S/C42H46F3N7O3/c43-42(44,45)37-24-35(6-3-31(37)25-46)50-17-13-30(14-18-50)29-1-4-33(5-2-29)51-21-19-48(20-22-51)26-28-11-15-49(16-12-28)34-7-8-36-32(23-34)27-52(41(36)55)38-9-10-39(53)47-40(38)54/h1-8,23-24,28,30,38H,9-22,26-27H2,(H,47,53,54). The lowest BCUT2D eigenvalue weighted by molar-refractivity contribution is -0.138. The molecule has 5 aliphatic heterocycles. The number of anilines is 3. The van der Waals surface area contributed by atoms with Gasteiger partial charge in [0.1, 0.15) is 6.04 Å². The van der Waals surface area contributed by atoms with E-state index in [4.69, 9.17) is 5.26 Å². The Morgan fingerprint density at radius 1 is 0.727 bits per heavy atom. The molecule has 0 aliphatic carbocycles. The van der Waals surface area contributed by atoms with Crippen LogP contribution in [0.4, 0.5) is 30.2 Å². The molecule has 0 spiro atoms. The molecule has 8 rings (SSSR count). The molecule has 4 saturated heterocycles. The molecule has 3 amide bonds. The third-order valence-corrected chi connectivity index (χ3v) is 12.4. The smallest absolute Gasteiger partial charge is 0.372 e. The van der Waals surface area contributed by atoms with Crippen molar-refractivity contribution in [3.8, 4) is 6.07 Å². The van der Waals surface area contributed by atoms with Crippen molar-refractivity contribution in [2.75, 3.05) is 73.6 Å². The lowest BCUT2D eigenvalue weighted by Crippen LogP contribution is -2.52. The minimum atomic E-state index is -4.56. The molecule has 0 bridgehead atoms. The zero-order valence-corrected chi connectivity index (χ0v) is 30.9. The molecule has 5 heterocycles. The van der Waals surface area contributed by atoms with Gasteiger partial charge in [0.15, 0.2) is 0 Å². The van der Waals surface area contributed by atoms with Crippen molar-refractivity contribution in [3.05, 3.63) is 88.5 Å². The Morgan fingerprint density at radius 3 is 2.00 bits per heavy atom. The number of halogens is 3. The van der Waals surface area contributed by atoms with Crippen molar-refractivity contribution in [1.82, 2.24) is 15.1 Å². The van der Waals surface area contributed by atoms with E-state index in [2.05, 4.69) is 50.3 Å². The van der Waals surface area contributed by atoms with Crippen LogP contribution in [0.2, 0.25) is 0 Å². The Balaban J connectivity index is 0.774. The topological polar surface area (TPSA) is 103 Å². The average Bonchev–Trinajstić information content (AvgIpc) is 3.52. The molecule has 10 nitrogen and oxygen atoms in total. The molecule has 3 aromatic carbocycles. The number of benzene rings is 3. The highest BCUT2D eigenvalue weighted by Gasteiger charge is 2.39. The van der Waals surface area contributed by atoms with Gasteiger partial charge in [-0.3, -0.25) is 24.6 Å². The maximum absolute atomic E-state index is 13.5. The summed E-state index contributed by atoms with van der Waals surface area (Å²) < 4.78 is 40.5. The van der Waals surface area contributed by atoms with E-state index >= 15 is 0 Å². The van der Waals surface area contributed by atoms with Crippen LogP contribution in [0, 0.1) is 17.2 Å². The van der Waals surface area contributed by atoms with Crippen LogP contribution in [-0.4, -0.2) is 92.5 Å². The minimum Gasteiger partial charge on any atom is -0.372 e. The van der Waals surface area contributed by atoms with Crippen LogP contribution in [0.1, 0.15) is 77.1 Å². The van der Waals surface area contributed by atoms with Crippen LogP contribution in [-0.2, 0) is 22.3 Å². The number of fused-ring (bicyclic) bond motifs is 1. The monoisotopic (exact) mass is 753 g/mol. The second-order valence-corrected chi connectivity index (χ2v) is 15.7. The molecule has 55 heavy (non-hydrogen) atoms. The van der Waals surface area contributed by atoms with Crippen molar-refractivity contribution in [1.29, 1.82) is 5.26 Å². The van der Waals surface area contributed by atoms with E-state index in [1.165, 1.54) is 17.3 Å². The fraction of sp³-hybridized carbons (Fsp3) is 0.476. The second kappa shape index (κ2) is 15.2. The normalized spacial score (nSPS) is 21.9. The summed E-state index contributed by atoms with van der Waals surface area (Å²) in [7, 11) is 0. The number of hydrogen-bond donors (Lipinski definition) is 1. The number of nitriles is 1. The number of carbonyl (C=O) groups is 3. The highest BCUT2D eigenvalue weighted by Crippen LogP contribution is 2.37. The Morgan fingerprint density at radius 2 is 1.35 bits per heavy atom. The molecule has 5 aliphatic rings. The molecule has 288 valence electrons. The zero-order valence-electron chi connectivity index (χ0n) is 30.9. The summed E-state index contributed by atoms with van der Waals surface area (Å²) in [6, 6.07) is 19.9. The minimum absolute atomic E-state index is 0.140. The van der Waals surface area contributed by atoms with Crippen LogP contribution >= 0.6 is 0 Å². The Kier molecular flexibility index (Phi) is 10.2. The van der Waals surface area contributed by atoms with Crippen molar-refractivity contribution in [3.63, 3.8) is 0 Å². The van der Waals surface area contributed by atoms with Gasteiger partial charge in [-0.25, -0.2) is 0 Å². The van der Waals surface area contributed by atoms with Gasteiger partial charge in [-0.1, -0.05) is 12.1 Å². The van der Waals surface area contributed by atoms with Crippen LogP contribution < -0.4 is 20.0 Å². The van der Waals surface area contributed by atoms with Gasteiger partial charge >= 0.3 is 6.18 Å². The van der Waals surface area contributed by atoms with E-state index in [1.807, 2.05) is 17.0 Å². The fourth-order valence-electron chi connectivity index (χ4n) is 9.17. The van der Waals surface area contributed by atoms with E-state index < -0.39 is 17.8 Å². The predicted octanol–water partition coefficient (Wildman–Crippen LogP) is 5.76. The summed E-state index contributed by atoms with van der Waals surface area (Å²) in [4.78, 5) is 48.2. The molecule has 0 radical (unpaired) electrons. The first-order valence-corrected chi connectivity index (χ1v) is 19.5. The number of alkyl halides is 3. The van der Waals surface area contributed by atoms with Crippen molar-refractivity contribution in [2.45, 2.75) is 63.2 Å². The summed E-state index contributed by atoms with van der Waals surface area (Å²) in [6.07, 6.45) is -0.00485. The molecule has 0 saturated carbocycles. The predicted molar refractivity (Wildman–Crippen MR) is 203 cm³/mol. The van der Waals surface area contributed by atoms with Gasteiger partial charge in [0.05, 0.1) is 17.2 Å². The van der Waals surface area contributed by atoms with Gasteiger partial charge < -0.3 is 19.6 Å². The van der Waals surface area contributed by atoms with Gasteiger partial charge in [-0.15, -0.1) is 0 Å². The second-order valence-electron chi connectivity index (χ2n) is 15.7. The largest absolute Gasteiger partial charge is 0.417 e. The number of nitrogens with one attached hydrogen (secondary N) is 1. The maximum Gasteiger partial charge on any atom is 0.417 e. The van der Waals surface area contributed by atoms with Gasteiger partial charge in [0, 0.05) is 94.5 Å². The number of rotatable bonds is 7. The zero-order chi connectivity index (χ0) is 38.3. The Labute approximate surface area is 319 Å². The maximum atomic E-state index is 13.5. The lowest BCUT2D eigenvalue weighted by Gasteiger charge is -2.40. The SMILES string of the molecule is N#Cc1ccc(N2CCC(c3ccc(N4CCN(CC5CCN(c6ccc7c(c6)CN(C6CCC(=O)NC6=O)C7=O)CC5)CC4)cc3)CC2)cc1C(F)(F)F. The summed E-state index contributed by atoms with van der Waals surface area (Å²) in [6.45, 7) is 8.75. The Bertz CT molecular complexity index is 1970. The van der Waals surface area contributed by atoms with E-state index in [0.717, 1.165) is 88.8 Å². The average molecular weight is 754 g/mol. The van der Waals surface area contributed by atoms with Gasteiger partial charge in [-0.05, 0) is 104 Å². The number of carbonyl (C=O) groups excluding carboxylic acids is 3. The lowest BCUT2D eigenvalue weighted by atomic mass is 9.89. The third kappa shape index (κ3) is 7.74. The Hall–Kier alpha value is -5.09. The van der Waals surface area contributed by atoms with E-state index in [-0.39, 0.29) is 29.7 Å². The molecule has 3 aromatic rings. The van der Waals surface area contributed by atoms with Gasteiger partial charge in [0.25, 0.3) is 5.91 Å². The third-order valence-electron chi connectivity index (χ3n) is 12.4. The fourth-order valence-corrected chi connectivity index (χ4v) is 9.17. The van der Waals surface area contributed by atoms with E-state index in [9.17, 15) is 27.6 Å². The van der Waals surface area contributed by atoms with Crippen LogP contribution in [0.25, 0.3) is 0 Å². The first-order valence-electron chi connectivity index (χ1n) is 19.5. The quantitative estimate of drug-likeness (QED) is 0.304. The highest BCUT2D eigenvalue weighted by molar-refractivity contribution is 6.05. The molecule has 1 N–H and O–H groups in total.